The van der Waals surface area contributed by atoms with Gasteiger partial charge in [-0.2, -0.15) is 0 Å². The molecule has 21 heavy (non-hydrogen) atoms. The zero-order valence-electron chi connectivity index (χ0n) is 13.4. The number of rotatable bonds is 8. The molecule has 1 aromatic carbocycles. The number of nitrogens with one attached hydrogen (secondary N) is 2. The minimum Gasteiger partial charge on any atom is -0.397 e. The maximum atomic E-state index is 12.1. The van der Waals surface area contributed by atoms with Crippen molar-refractivity contribution in [3.8, 4) is 0 Å². The third-order valence-corrected chi connectivity index (χ3v) is 5.64. The average Bonchev–Trinajstić information content (AvgIpc) is 2.46. The van der Waals surface area contributed by atoms with Crippen LogP contribution < -0.4 is 15.8 Å². The van der Waals surface area contributed by atoms with Gasteiger partial charge in [0.2, 0.25) is 10.0 Å². The maximum Gasteiger partial charge on any atom is 0.240 e. The van der Waals surface area contributed by atoms with Crippen molar-refractivity contribution in [2.24, 2.45) is 0 Å². The molecular formula is C15H27N3O2S. The summed E-state index contributed by atoms with van der Waals surface area (Å²) in [6.07, 6.45) is 2.84. The van der Waals surface area contributed by atoms with Crippen molar-refractivity contribution in [2.75, 3.05) is 17.6 Å². The molecule has 5 nitrogen and oxygen atoms in total. The predicted octanol–water partition coefficient (Wildman–Crippen LogP) is 2.95. The van der Waals surface area contributed by atoms with E-state index in [2.05, 4.69) is 30.8 Å². The van der Waals surface area contributed by atoms with Gasteiger partial charge in [-0.25, -0.2) is 13.1 Å². The summed E-state index contributed by atoms with van der Waals surface area (Å²) in [5, 5.41) is 3.45. The van der Waals surface area contributed by atoms with Crippen molar-refractivity contribution >= 4 is 21.4 Å². The summed E-state index contributed by atoms with van der Waals surface area (Å²) in [5.41, 5.74) is 7.18. The highest BCUT2D eigenvalue weighted by Gasteiger charge is 2.25. The van der Waals surface area contributed by atoms with Crippen LogP contribution in [0.2, 0.25) is 0 Å². The number of anilines is 2. The Labute approximate surface area is 128 Å². The zero-order valence-corrected chi connectivity index (χ0v) is 14.2. The predicted molar refractivity (Wildman–Crippen MR) is 88.9 cm³/mol. The standard InChI is InChI=1S/C15H27N3O2S/c1-5-15(6-2,7-3)18-14-11-12(9-10-13(14)16)21(19,20)17-8-4/h9-11,17-18H,5-8,16H2,1-4H3. The first-order valence-corrected chi connectivity index (χ1v) is 8.99. The molecule has 0 saturated carbocycles. The fraction of sp³-hybridized carbons (Fsp3) is 0.600. The molecule has 0 fully saturated rings. The Kier molecular flexibility index (Phi) is 6.04. The fourth-order valence-corrected chi connectivity index (χ4v) is 3.45. The first kappa shape index (κ1) is 17.8. The molecule has 0 aliphatic rings. The summed E-state index contributed by atoms with van der Waals surface area (Å²) in [7, 11) is -3.47. The van der Waals surface area contributed by atoms with Gasteiger partial charge in [0.15, 0.2) is 0 Å². The summed E-state index contributed by atoms with van der Waals surface area (Å²) in [4.78, 5) is 0.234. The quantitative estimate of drug-likeness (QED) is 0.644. The molecule has 0 saturated heterocycles. The summed E-state index contributed by atoms with van der Waals surface area (Å²) in [6.45, 7) is 8.48. The molecule has 0 atom stereocenters. The normalized spacial score (nSPS) is 12.4. The number of nitrogens with two attached hydrogens (primary N) is 1. The first-order valence-electron chi connectivity index (χ1n) is 7.51. The lowest BCUT2D eigenvalue weighted by Crippen LogP contribution is -2.36. The van der Waals surface area contributed by atoms with Gasteiger partial charge in [0, 0.05) is 12.1 Å². The third kappa shape index (κ3) is 4.11. The number of sulfonamides is 1. The van der Waals surface area contributed by atoms with Crippen LogP contribution in [-0.2, 0) is 10.0 Å². The Hall–Kier alpha value is -1.27. The van der Waals surface area contributed by atoms with E-state index in [9.17, 15) is 8.42 Å². The minimum absolute atomic E-state index is 0.0608. The summed E-state index contributed by atoms with van der Waals surface area (Å²) in [5.74, 6) is 0. The van der Waals surface area contributed by atoms with E-state index in [0.29, 0.717) is 17.9 Å². The number of hydrogen-bond donors (Lipinski definition) is 3. The molecule has 0 aromatic heterocycles. The molecule has 0 bridgehead atoms. The lowest BCUT2D eigenvalue weighted by Gasteiger charge is -2.33. The maximum absolute atomic E-state index is 12.1. The Bertz CT molecular complexity index is 558. The molecule has 1 aromatic rings. The average molecular weight is 313 g/mol. The molecule has 0 radical (unpaired) electrons. The van der Waals surface area contributed by atoms with E-state index >= 15 is 0 Å². The van der Waals surface area contributed by atoms with Gasteiger partial charge in [-0.15, -0.1) is 0 Å². The summed E-state index contributed by atoms with van der Waals surface area (Å²) >= 11 is 0. The van der Waals surface area contributed by atoms with E-state index in [0.717, 1.165) is 19.3 Å². The molecule has 0 aliphatic carbocycles. The number of benzene rings is 1. The number of hydrogen-bond acceptors (Lipinski definition) is 4. The molecule has 6 heteroatoms. The largest absolute Gasteiger partial charge is 0.397 e. The van der Waals surface area contributed by atoms with Crippen LogP contribution in [0.5, 0.6) is 0 Å². The van der Waals surface area contributed by atoms with Crippen LogP contribution in [0.4, 0.5) is 11.4 Å². The van der Waals surface area contributed by atoms with Crippen LogP contribution in [0.3, 0.4) is 0 Å². The minimum atomic E-state index is -3.47. The van der Waals surface area contributed by atoms with Gasteiger partial charge in [0.1, 0.15) is 0 Å². The van der Waals surface area contributed by atoms with Gasteiger partial charge >= 0.3 is 0 Å². The highest BCUT2D eigenvalue weighted by Crippen LogP contribution is 2.30. The second-order valence-corrected chi connectivity index (χ2v) is 6.98. The van der Waals surface area contributed by atoms with E-state index in [-0.39, 0.29) is 10.4 Å². The van der Waals surface area contributed by atoms with Crippen molar-refractivity contribution in [1.82, 2.24) is 4.72 Å². The van der Waals surface area contributed by atoms with Gasteiger partial charge in [-0.3, -0.25) is 0 Å². The molecule has 0 unspecified atom stereocenters. The van der Waals surface area contributed by atoms with E-state index in [4.69, 9.17) is 5.73 Å². The Morgan fingerprint density at radius 2 is 1.67 bits per heavy atom. The Morgan fingerprint density at radius 3 is 2.14 bits per heavy atom. The van der Waals surface area contributed by atoms with E-state index in [1.807, 2.05) is 0 Å². The summed E-state index contributed by atoms with van der Waals surface area (Å²) in [6, 6.07) is 4.78. The van der Waals surface area contributed by atoms with Crippen LogP contribution in [0, 0.1) is 0 Å². The SMILES string of the molecule is CCNS(=O)(=O)c1ccc(N)c(NC(CC)(CC)CC)c1. The monoisotopic (exact) mass is 313 g/mol. The lowest BCUT2D eigenvalue weighted by molar-refractivity contribution is 0.420. The van der Waals surface area contributed by atoms with Gasteiger partial charge in [0.25, 0.3) is 0 Å². The van der Waals surface area contributed by atoms with Crippen LogP contribution >= 0.6 is 0 Å². The molecular weight excluding hydrogens is 286 g/mol. The van der Waals surface area contributed by atoms with Gasteiger partial charge in [-0.1, -0.05) is 27.7 Å². The van der Waals surface area contributed by atoms with Crippen molar-refractivity contribution in [3.05, 3.63) is 18.2 Å². The number of nitrogen functional groups attached to an aromatic ring is 1. The van der Waals surface area contributed by atoms with E-state index in [1.165, 1.54) is 6.07 Å². The second kappa shape index (κ2) is 7.13. The smallest absolute Gasteiger partial charge is 0.240 e. The van der Waals surface area contributed by atoms with Crippen LogP contribution in [0.15, 0.2) is 23.1 Å². The van der Waals surface area contributed by atoms with Crippen LogP contribution in [0.1, 0.15) is 47.0 Å². The first-order chi connectivity index (χ1) is 9.84. The zero-order chi connectivity index (χ0) is 16.1. The Balaban J connectivity index is 3.20. The van der Waals surface area contributed by atoms with Gasteiger partial charge in [-0.05, 0) is 37.5 Å². The molecule has 1 rings (SSSR count). The van der Waals surface area contributed by atoms with Crippen LogP contribution in [0.25, 0.3) is 0 Å². The van der Waals surface area contributed by atoms with E-state index in [1.54, 1.807) is 19.1 Å². The van der Waals surface area contributed by atoms with Crippen molar-refractivity contribution < 1.29 is 8.42 Å². The van der Waals surface area contributed by atoms with E-state index < -0.39 is 10.0 Å². The highest BCUT2D eigenvalue weighted by molar-refractivity contribution is 7.89. The van der Waals surface area contributed by atoms with Gasteiger partial charge < -0.3 is 11.1 Å². The molecule has 0 heterocycles. The molecule has 120 valence electrons. The highest BCUT2D eigenvalue weighted by atomic mass is 32.2. The van der Waals surface area contributed by atoms with Crippen molar-refractivity contribution in [3.63, 3.8) is 0 Å². The fourth-order valence-electron chi connectivity index (χ4n) is 2.38. The molecule has 4 N–H and O–H groups in total. The van der Waals surface area contributed by atoms with Crippen molar-refractivity contribution in [2.45, 2.75) is 57.4 Å². The lowest BCUT2D eigenvalue weighted by atomic mass is 9.89. The topological polar surface area (TPSA) is 84.2 Å². The molecule has 0 spiro atoms. The van der Waals surface area contributed by atoms with Crippen LogP contribution in [-0.4, -0.2) is 20.5 Å². The Morgan fingerprint density at radius 1 is 1.10 bits per heavy atom. The molecule has 0 aliphatic heterocycles. The molecule has 0 amide bonds. The van der Waals surface area contributed by atoms with Crippen molar-refractivity contribution in [1.29, 1.82) is 0 Å². The third-order valence-electron chi connectivity index (χ3n) is 4.10. The summed E-state index contributed by atoms with van der Waals surface area (Å²) < 4.78 is 26.7. The van der Waals surface area contributed by atoms with Gasteiger partial charge in [0.05, 0.1) is 16.3 Å². The second-order valence-electron chi connectivity index (χ2n) is 5.22.